The highest BCUT2D eigenvalue weighted by atomic mass is 16.5. The molecule has 1 aliphatic rings. The lowest BCUT2D eigenvalue weighted by Crippen LogP contribution is -2.52. The molecule has 1 aromatic carbocycles. The Kier molecular flexibility index (Phi) is 5.79. The van der Waals surface area contributed by atoms with E-state index in [-0.39, 0.29) is 24.1 Å². The second-order valence-electron chi connectivity index (χ2n) is 7.02. The van der Waals surface area contributed by atoms with Crippen LogP contribution in [0.4, 0.5) is 0 Å². The molecule has 3 aromatic rings. The van der Waals surface area contributed by atoms with Crippen LogP contribution >= 0.6 is 0 Å². The van der Waals surface area contributed by atoms with Crippen molar-refractivity contribution in [2.75, 3.05) is 6.61 Å². The summed E-state index contributed by atoms with van der Waals surface area (Å²) in [5.41, 5.74) is 2.89. The highest BCUT2D eigenvalue weighted by Gasteiger charge is 2.35. The fourth-order valence-corrected chi connectivity index (χ4v) is 3.64. The molecule has 1 aliphatic heterocycles. The third-order valence-corrected chi connectivity index (χ3v) is 5.13. The Labute approximate surface area is 174 Å². The Morgan fingerprint density at radius 1 is 1.17 bits per heavy atom. The number of carbonyl (C=O) groups is 2. The molecule has 30 heavy (non-hydrogen) atoms. The predicted molar refractivity (Wildman–Crippen MR) is 110 cm³/mol. The van der Waals surface area contributed by atoms with Gasteiger partial charge in [0.1, 0.15) is 6.04 Å². The molecule has 0 aliphatic carbocycles. The zero-order valence-corrected chi connectivity index (χ0v) is 16.7. The number of aromatic nitrogens is 1. The number of hydrogen-bond acceptors (Lipinski definition) is 5. The van der Waals surface area contributed by atoms with Crippen molar-refractivity contribution in [3.05, 3.63) is 83.4 Å². The summed E-state index contributed by atoms with van der Waals surface area (Å²) in [5.74, 6) is 0.192. The van der Waals surface area contributed by atoms with Crippen LogP contribution < -0.4 is 10.1 Å². The molecule has 2 aromatic heterocycles. The Morgan fingerprint density at radius 2 is 2.00 bits per heavy atom. The van der Waals surface area contributed by atoms with Crippen molar-refractivity contribution in [2.45, 2.75) is 32.5 Å². The summed E-state index contributed by atoms with van der Waals surface area (Å²) in [6, 6.07) is 14.2. The van der Waals surface area contributed by atoms with Crippen LogP contribution in [-0.4, -0.2) is 34.3 Å². The molecule has 0 saturated heterocycles. The molecule has 4 rings (SSSR count). The van der Waals surface area contributed by atoms with Gasteiger partial charge in [0, 0.05) is 31.3 Å². The zero-order chi connectivity index (χ0) is 20.9. The number of ether oxygens (including phenoxy) is 1. The van der Waals surface area contributed by atoms with Crippen LogP contribution in [0, 0.1) is 0 Å². The van der Waals surface area contributed by atoms with Gasteiger partial charge in [-0.05, 0) is 36.2 Å². The molecule has 0 fully saturated rings. The van der Waals surface area contributed by atoms with Crippen molar-refractivity contribution in [1.29, 1.82) is 0 Å². The largest absolute Gasteiger partial charge is 0.478 e. The summed E-state index contributed by atoms with van der Waals surface area (Å²) in [5, 5.41) is 2.95. The third kappa shape index (κ3) is 4.05. The van der Waals surface area contributed by atoms with Crippen LogP contribution in [-0.2, 0) is 24.3 Å². The van der Waals surface area contributed by atoms with Gasteiger partial charge in [-0.1, -0.05) is 30.3 Å². The number of amides is 2. The zero-order valence-electron chi connectivity index (χ0n) is 16.7. The minimum atomic E-state index is -0.635. The van der Waals surface area contributed by atoms with E-state index in [1.807, 2.05) is 37.3 Å². The lowest BCUT2D eigenvalue weighted by atomic mass is 9.93. The summed E-state index contributed by atoms with van der Waals surface area (Å²) in [7, 11) is 0. The van der Waals surface area contributed by atoms with E-state index in [0.717, 1.165) is 16.7 Å². The molecular formula is C23H23N3O4. The summed E-state index contributed by atoms with van der Waals surface area (Å²) in [6.07, 6.45) is 3.55. The summed E-state index contributed by atoms with van der Waals surface area (Å²) < 4.78 is 10.8. The molecule has 1 N–H and O–H groups in total. The first-order valence-electron chi connectivity index (χ1n) is 9.93. The van der Waals surface area contributed by atoms with Gasteiger partial charge in [-0.3, -0.25) is 9.59 Å². The van der Waals surface area contributed by atoms with E-state index < -0.39 is 6.04 Å². The van der Waals surface area contributed by atoms with Gasteiger partial charge in [-0.15, -0.1) is 0 Å². The molecule has 0 bridgehead atoms. The van der Waals surface area contributed by atoms with E-state index in [9.17, 15) is 9.59 Å². The standard InChI is InChI=1S/C23H23N3O4/c1-2-29-22-17(9-5-11-24-22)14-25-21(27)19-13-16-7-3-4-8-18(16)15-26(19)23(28)20-10-6-12-30-20/h3-12,19H,2,13-15H2,1H3,(H,25,27). The Bertz CT molecular complexity index is 1030. The molecule has 154 valence electrons. The lowest BCUT2D eigenvalue weighted by molar-refractivity contribution is -0.126. The van der Waals surface area contributed by atoms with Crippen molar-refractivity contribution in [1.82, 2.24) is 15.2 Å². The van der Waals surface area contributed by atoms with Gasteiger partial charge in [-0.25, -0.2) is 4.98 Å². The van der Waals surface area contributed by atoms with Gasteiger partial charge in [0.05, 0.1) is 12.9 Å². The second kappa shape index (κ2) is 8.82. The summed E-state index contributed by atoms with van der Waals surface area (Å²) >= 11 is 0. The number of fused-ring (bicyclic) bond motifs is 1. The number of nitrogens with one attached hydrogen (secondary N) is 1. The Hall–Kier alpha value is -3.61. The van der Waals surface area contributed by atoms with Crippen LogP contribution in [0.5, 0.6) is 5.88 Å². The maximum absolute atomic E-state index is 13.1. The molecule has 2 amide bonds. The van der Waals surface area contributed by atoms with Crippen molar-refractivity contribution in [2.24, 2.45) is 0 Å². The SMILES string of the molecule is CCOc1ncccc1CNC(=O)C1Cc2ccccc2CN1C(=O)c1ccco1. The van der Waals surface area contributed by atoms with E-state index >= 15 is 0 Å². The fourth-order valence-electron chi connectivity index (χ4n) is 3.64. The lowest BCUT2D eigenvalue weighted by Gasteiger charge is -2.35. The molecular weight excluding hydrogens is 382 g/mol. The minimum Gasteiger partial charge on any atom is -0.478 e. The number of nitrogens with zero attached hydrogens (tertiary/aromatic N) is 2. The number of pyridine rings is 1. The minimum absolute atomic E-state index is 0.220. The molecule has 0 radical (unpaired) electrons. The first-order chi connectivity index (χ1) is 14.7. The van der Waals surface area contributed by atoms with E-state index in [1.54, 1.807) is 29.3 Å². The monoisotopic (exact) mass is 405 g/mol. The number of furan rings is 1. The van der Waals surface area contributed by atoms with Crippen molar-refractivity contribution < 1.29 is 18.7 Å². The molecule has 7 heteroatoms. The smallest absolute Gasteiger partial charge is 0.290 e. The first-order valence-corrected chi connectivity index (χ1v) is 9.93. The third-order valence-electron chi connectivity index (χ3n) is 5.13. The fraction of sp³-hybridized carbons (Fsp3) is 0.261. The van der Waals surface area contributed by atoms with Crippen LogP contribution in [0.3, 0.4) is 0 Å². The molecule has 3 heterocycles. The Morgan fingerprint density at radius 3 is 2.77 bits per heavy atom. The predicted octanol–water partition coefficient (Wildman–Crippen LogP) is 2.96. The van der Waals surface area contributed by atoms with Gasteiger partial charge in [0.15, 0.2) is 5.76 Å². The molecule has 7 nitrogen and oxygen atoms in total. The number of hydrogen-bond donors (Lipinski definition) is 1. The number of rotatable bonds is 6. The average molecular weight is 405 g/mol. The van der Waals surface area contributed by atoms with Gasteiger partial charge in [0.2, 0.25) is 11.8 Å². The summed E-state index contributed by atoms with van der Waals surface area (Å²) in [6.45, 7) is 2.99. The van der Waals surface area contributed by atoms with E-state index in [2.05, 4.69) is 10.3 Å². The van der Waals surface area contributed by atoms with Gasteiger partial charge < -0.3 is 19.4 Å². The van der Waals surface area contributed by atoms with Gasteiger partial charge in [-0.2, -0.15) is 0 Å². The van der Waals surface area contributed by atoms with Gasteiger partial charge in [0.25, 0.3) is 5.91 Å². The quantitative estimate of drug-likeness (QED) is 0.682. The maximum Gasteiger partial charge on any atom is 0.290 e. The van der Waals surface area contributed by atoms with Crippen LogP contribution in [0.25, 0.3) is 0 Å². The van der Waals surface area contributed by atoms with Crippen molar-refractivity contribution >= 4 is 11.8 Å². The molecule has 1 unspecified atom stereocenters. The summed E-state index contributed by atoms with van der Waals surface area (Å²) in [4.78, 5) is 31.9. The van der Waals surface area contributed by atoms with E-state index in [4.69, 9.17) is 9.15 Å². The average Bonchev–Trinajstić information content (AvgIpc) is 3.32. The molecule has 1 atom stereocenters. The molecule has 0 saturated carbocycles. The van der Waals surface area contributed by atoms with E-state index in [1.165, 1.54) is 6.26 Å². The maximum atomic E-state index is 13.1. The number of carbonyl (C=O) groups excluding carboxylic acids is 2. The van der Waals surface area contributed by atoms with E-state index in [0.29, 0.717) is 25.5 Å². The topological polar surface area (TPSA) is 84.7 Å². The second-order valence-corrected chi connectivity index (χ2v) is 7.02. The van der Waals surface area contributed by atoms with Gasteiger partial charge >= 0.3 is 0 Å². The highest BCUT2D eigenvalue weighted by molar-refractivity contribution is 5.96. The Balaban J connectivity index is 1.55. The normalized spacial score (nSPS) is 15.4. The highest BCUT2D eigenvalue weighted by Crippen LogP contribution is 2.25. The van der Waals surface area contributed by atoms with Crippen LogP contribution in [0.1, 0.15) is 34.2 Å². The van der Waals surface area contributed by atoms with Crippen molar-refractivity contribution in [3.63, 3.8) is 0 Å². The van der Waals surface area contributed by atoms with Crippen LogP contribution in [0.15, 0.2) is 65.4 Å². The van der Waals surface area contributed by atoms with Crippen molar-refractivity contribution in [3.8, 4) is 5.88 Å². The molecule has 0 spiro atoms. The number of benzene rings is 1. The van der Waals surface area contributed by atoms with Crippen LogP contribution in [0.2, 0.25) is 0 Å². The first kappa shape index (κ1) is 19.7.